The minimum Gasteiger partial charge on any atom is -0.298 e. The van der Waals surface area contributed by atoms with Crippen molar-refractivity contribution in [2.45, 2.75) is 29.5 Å². The predicted molar refractivity (Wildman–Crippen MR) is 66.9 cm³/mol. The molecule has 0 spiro atoms. The molecule has 0 N–H and O–H groups in total. The van der Waals surface area contributed by atoms with Gasteiger partial charge in [0, 0.05) is 5.41 Å². The molecule has 0 aliphatic carbocycles. The van der Waals surface area contributed by atoms with E-state index in [1.807, 2.05) is 27.0 Å². The molecule has 15 heavy (non-hydrogen) atoms. The Morgan fingerprint density at radius 2 is 1.93 bits per heavy atom. The quantitative estimate of drug-likeness (QED) is 0.780. The molecule has 3 nitrogen and oxygen atoms in total. The van der Waals surface area contributed by atoms with Crippen LogP contribution in [0.1, 0.15) is 20.8 Å². The summed E-state index contributed by atoms with van der Waals surface area (Å²) in [5, 5.41) is 7.97. The van der Waals surface area contributed by atoms with Crippen LogP contribution < -0.4 is 0 Å². The van der Waals surface area contributed by atoms with Gasteiger partial charge in [0.25, 0.3) is 0 Å². The van der Waals surface area contributed by atoms with Crippen LogP contribution in [0.5, 0.6) is 0 Å². The molecule has 0 radical (unpaired) electrons. The summed E-state index contributed by atoms with van der Waals surface area (Å²) in [5.74, 6) is 0.723. The minimum atomic E-state index is -0.264. The molecule has 0 saturated carbocycles. The fourth-order valence-electron chi connectivity index (χ4n) is 0.682. The lowest BCUT2D eigenvalue weighted by Crippen LogP contribution is -2.21. The van der Waals surface area contributed by atoms with Gasteiger partial charge >= 0.3 is 0 Å². The topological polar surface area (TPSA) is 42.9 Å². The Bertz CT molecular complexity index is 343. The van der Waals surface area contributed by atoms with E-state index >= 15 is 0 Å². The number of rotatable bonds is 4. The average Bonchev–Trinajstić information content (AvgIpc) is 2.60. The number of aromatic nitrogens is 2. The van der Waals surface area contributed by atoms with Crippen molar-refractivity contribution >= 4 is 40.6 Å². The van der Waals surface area contributed by atoms with Gasteiger partial charge in [-0.25, -0.2) is 0 Å². The zero-order valence-corrected chi connectivity index (χ0v) is 11.7. The van der Waals surface area contributed by atoms with Gasteiger partial charge in [-0.3, -0.25) is 4.79 Å². The lowest BCUT2D eigenvalue weighted by atomic mass is 9.92. The van der Waals surface area contributed by atoms with E-state index in [1.165, 1.54) is 23.1 Å². The fourth-order valence-corrected chi connectivity index (χ4v) is 3.28. The molecular formula is C9H14N2OS3. The van der Waals surface area contributed by atoms with E-state index in [4.69, 9.17) is 0 Å². The van der Waals surface area contributed by atoms with E-state index in [9.17, 15) is 4.79 Å². The van der Waals surface area contributed by atoms with Crippen molar-refractivity contribution in [3.05, 3.63) is 0 Å². The number of carbonyl (C=O) groups excluding carboxylic acids is 1. The third-order valence-electron chi connectivity index (χ3n) is 1.73. The second kappa shape index (κ2) is 5.32. The van der Waals surface area contributed by atoms with E-state index in [-0.39, 0.29) is 11.2 Å². The Balaban J connectivity index is 2.47. The first kappa shape index (κ1) is 13.0. The molecule has 0 bridgehead atoms. The molecule has 0 unspecified atom stereocenters. The van der Waals surface area contributed by atoms with Crippen molar-refractivity contribution in [2.75, 3.05) is 12.0 Å². The van der Waals surface area contributed by atoms with Crippen molar-refractivity contribution in [1.82, 2.24) is 10.2 Å². The van der Waals surface area contributed by atoms with Gasteiger partial charge in [-0.15, -0.1) is 10.2 Å². The van der Waals surface area contributed by atoms with E-state index in [1.54, 1.807) is 11.8 Å². The van der Waals surface area contributed by atoms with Crippen LogP contribution in [0.4, 0.5) is 0 Å². The van der Waals surface area contributed by atoms with E-state index < -0.39 is 0 Å². The Hall–Kier alpha value is -0.0700. The minimum absolute atomic E-state index is 0.244. The van der Waals surface area contributed by atoms with E-state index in [2.05, 4.69) is 10.2 Å². The standard InChI is InChI=1S/C9H14N2OS3/c1-9(2,3)6(12)5-14-8-11-10-7(13-4)15-8/h5H2,1-4H3. The normalized spacial score (nSPS) is 11.7. The van der Waals surface area contributed by atoms with Crippen LogP contribution in [-0.4, -0.2) is 28.0 Å². The number of thioether (sulfide) groups is 2. The summed E-state index contributed by atoms with van der Waals surface area (Å²) in [6.07, 6.45) is 1.97. The summed E-state index contributed by atoms with van der Waals surface area (Å²) in [5.41, 5.74) is -0.264. The molecule has 1 aromatic rings. The summed E-state index contributed by atoms with van der Waals surface area (Å²) in [6.45, 7) is 5.80. The fraction of sp³-hybridized carbons (Fsp3) is 0.667. The molecule has 0 fully saturated rings. The van der Waals surface area contributed by atoms with Crippen molar-refractivity contribution in [1.29, 1.82) is 0 Å². The van der Waals surface area contributed by atoms with Crippen LogP contribution in [0.25, 0.3) is 0 Å². The van der Waals surface area contributed by atoms with Gasteiger partial charge in [0.2, 0.25) is 0 Å². The number of ketones is 1. The first-order valence-corrected chi connectivity index (χ1v) is 7.50. The molecule has 0 aliphatic heterocycles. The second-order valence-corrected chi connectivity index (χ2v) is 7.25. The molecule has 0 amide bonds. The molecule has 0 atom stereocenters. The van der Waals surface area contributed by atoms with Gasteiger partial charge < -0.3 is 0 Å². The number of Topliss-reactive ketones (excluding diaryl/α,β-unsaturated/α-hetero) is 1. The molecule has 0 aromatic carbocycles. The lowest BCUT2D eigenvalue weighted by Gasteiger charge is -2.15. The Labute approximate surface area is 102 Å². The third-order valence-corrected chi connectivity index (χ3v) is 4.76. The maximum atomic E-state index is 11.6. The second-order valence-electron chi connectivity index (χ2n) is 4.00. The molecule has 0 saturated heterocycles. The third kappa shape index (κ3) is 4.12. The van der Waals surface area contributed by atoms with Gasteiger partial charge in [0.1, 0.15) is 5.78 Å². The van der Waals surface area contributed by atoms with Crippen LogP contribution in [0.15, 0.2) is 8.68 Å². The Morgan fingerprint density at radius 3 is 2.40 bits per heavy atom. The summed E-state index contributed by atoms with van der Waals surface area (Å²) >= 11 is 4.59. The van der Waals surface area contributed by atoms with E-state index in [0.717, 1.165) is 8.68 Å². The van der Waals surface area contributed by atoms with E-state index in [0.29, 0.717) is 5.75 Å². The number of hydrogen-bond donors (Lipinski definition) is 0. The smallest absolute Gasteiger partial charge is 0.175 e. The zero-order chi connectivity index (χ0) is 11.5. The van der Waals surface area contributed by atoms with Crippen LogP contribution >= 0.6 is 34.9 Å². The SMILES string of the molecule is CSc1nnc(SCC(=O)C(C)(C)C)s1. The highest BCUT2D eigenvalue weighted by Gasteiger charge is 2.21. The van der Waals surface area contributed by atoms with Gasteiger partial charge in [-0.1, -0.05) is 55.6 Å². The van der Waals surface area contributed by atoms with Gasteiger partial charge in [0.05, 0.1) is 5.75 Å². The predicted octanol–water partition coefficient (Wildman–Crippen LogP) is 2.97. The highest BCUT2D eigenvalue weighted by molar-refractivity contribution is 8.03. The molecule has 0 aliphatic rings. The van der Waals surface area contributed by atoms with Gasteiger partial charge in [-0.2, -0.15) is 0 Å². The average molecular weight is 262 g/mol. The largest absolute Gasteiger partial charge is 0.298 e. The number of nitrogens with zero attached hydrogens (tertiary/aromatic N) is 2. The maximum absolute atomic E-state index is 11.6. The molecule has 84 valence electrons. The van der Waals surface area contributed by atoms with Crippen LogP contribution in [0.2, 0.25) is 0 Å². The zero-order valence-electron chi connectivity index (χ0n) is 9.23. The Morgan fingerprint density at radius 1 is 1.33 bits per heavy atom. The molecule has 6 heteroatoms. The lowest BCUT2D eigenvalue weighted by molar-refractivity contribution is -0.123. The first-order valence-electron chi connectivity index (χ1n) is 4.47. The van der Waals surface area contributed by atoms with Gasteiger partial charge in [0.15, 0.2) is 8.68 Å². The van der Waals surface area contributed by atoms with Crippen LogP contribution in [0, 0.1) is 5.41 Å². The van der Waals surface area contributed by atoms with Crippen molar-refractivity contribution in [3.8, 4) is 0 Å². The highest BCUT2D eigenvalue weighted by atomic mass is 32.2. The summed E-state index contributed by atoms with van der Waals surface area (Å²) in [6, 6.07) is 0. The van der Waals surface area contributed by atoms with Gasteiger partial charge in [-0.05, 0) is 6.26 Å². The maximum Gasteiger partial charge on any atom is 0.175 e. The Kier molecular flexibility index (Phi) is 4.61. The molecule has 1 heterocycles. The molecule has 1 aromatic heterocycles. The monoisotopic (exact) mass is 262 g/mol. The summed E-state index contributed by atoms with van der Waals surface area (Å²) < 4.78 is 1.82. The van der Waals surface area contributed by atoms with Crippen molar-refractivity contribution < 1.29 is 4.79 Å². The summed E-state index contributed by atoms with van der Waals surface area (Å²) in [7, 11) is 0. The van der Waals surface area contributed by atoms with Crippen molar-refractivity contribution in [3.63, 3.8) is 0 Å². The first-order chi connectivity index (χ1) is 6.93. The highest BCUT2D eigenvalue weighted by Crippen LogP contribution is 2.28. The van der Waals surface area contributed by atoms with Crippen molar-refractivity contribution in [2.24, 2.45) is 5.41 Å². The molecular weight excluding hydrogens is 248 g/mol. The number of carbonyl (C=O) groups is 1. The number of hydrogen-bond acceptors (Lipinski definition) is 6. The summed E-state index contributed by atoms with van der Waals surface area (Å²) in [4.78, 5) is 11.6. The van der Waals surface area contributed by atoms with Crippen LogP contribution in [-0.2, 0) is 4.79 Å². The van der Waals surface area contributed by atoms with Crippen LogP contribution in [0.3, 0.4) is 0 Å². The molecule has 1 rings (SSSR count).